The third-order valence-electron chi connectivity index (χ3n) is 4.16. The molecule has 20 heavy (non-hydrogen) atoms. The molecular formula is C15H21NO4. The molecule has 1 aromatic rings. The summed E-state index contributed by atoms with van der Waals surface area (Å²) in [5.41, 5.74) is 0.456. The zero-order valence-corrected chi connectivity index (χ0v) is 11.5. The van der Waals surface area contributed by atoms with Crippen molar-refractivity contribution in [3.05, 3.63) is 23.8 Å². The van der Waals surface area contributed by atoms with Crippen LogP contribution in [0.15, 0.2) is 18.2 Å². The van der Waals surface area contributed by atoms with Gasteiger partial charge in [-0.25, -0.2) is 0 Å². The fraction of sp³-hybridized carbons (Fsp3) is 0.533. The van der Waals surface area contributed by atoms with Gasteiger partial charge in [0.15, 0.2) is 0 Å². The molecule has 110 valence electrons. The molecule has 0 radical (unpaired) electrons. The fourth-order valence-corrected chi connectivity index (χ4v) is 3.02. The van der Waals surface area contributed by atoms with Crippen molar-refractivity contribution >= 4 is 5.97 Å². The molecule has 0 saturated heterocycles. The number of phenolic OH excluding ortho intramolecular Hbond substituents is 2. The van der Waals surface area contributed by atoms with Crippen molar-refractivity contribution in [3.8, 4) is 11.5 Å². The second kappa shape index (κ2) is 6.13. The van der Waals surface area contributed by atoms with Gasteiger partial charge >= 0.3 is 5.97 Å². The van der Waals surface area contributed by atoms with E-state index in [2.05, 4.69) is 5.32 Å². The summed E-state index contributed by atoms with van der Waals surface area (Å²) in [7, 11) is 0. The molecule has 1 saturated carbocycles. The second-order valence-electron chi connectivity index (χ2n) is 5.48. The minimum Gasteiger partial charge on any atom is -0.507 e. The zero-order chi connectivity index (χ0) is 14.7. The number of carboxylic acid groups (broad SMARTS) is 1. The topological polar surface area (TPSA) is 89.8 Å². The Morgan fingerprint density at radius 2 is 2.00 bits per heavy atom. The number of hydrogen-bond donors (Lipinski definition) is 4. The molecule has 1 aliphatic rings. The van der Waals surface area contributed by atoms with Crippen LogP contribution >= 0.6 is 0 Å². The van der Waals surface area contributed by atoms with Crippen LogP contribution in [0.1, 0.15) is 37.8 Å². The minimum atomic E-state index is -0.729. The van der Waals surface area contributed by atoms with Crippen molar-refractivity contribution in [2.75, 3.05) is 6.54 Å². The zero-order valence-electron chi connectivity index (χ0n) is 11.5. The Hall–Kier alpha value is -1.75. The largest absolute Gasteiger partial charge is 0.507 e. The third-order valence-corrected chi connectivity index (χ3v) is 4.16. The van der Waals surface area contributed by atoms with Crippen molar-refractivity contribution in [1.29, 1.82) is 0 Å². The molecule has 2 rings (SSSR count). The molecule has 0 heterocycles. The highest BCUT2D eigenvalue weighted by molar-refractivity contribution is 5.70. The first kappa shape index (κ1) is 14.7. The van der Waals surface area contributed by atoms with Gasteiger partial charge in [0, 0.05) is 6.04 Å². The summed E-state index contributed by atoms with van der Waals surface area (Å²) in [6.07, 6.45) is 2.58. The van der Waals surface area contributed by atoms with E-state index in [4.69, 9.17) is 5.11 Å². The maximum absolute atomic E-state index is 11.1. The number of benzene rings is 1. The van der Waals surface area contributed by atoms with Crippen LogP contribution < -0.4 is 5.32 Å². The number of aromatic hydroxyl groups is 2. The van der Waals surface area contributed by atoms with Gasteiger partial charge in [0.25, 0.3) is 0 Å². The predicted octanol–water partition coefficient (Wildman–Crippen LogP) is 2.25. The summed E-state index contributed by atoms with van der Waals surface area (Å²) in [5, 5.41) is 32.0. The summed E-state index contributed by atoms with van der Waals surface area (Å²) in [6, 6.07) is 4.41. The van der Waals surface area contributed by atoms with Gasteiger partial charge in [0.2, 0.25) is 0 Å². The van der Waals surface area contributed by atoms with Gasteiger partial charge in [-0.1, -0.05) is 12.5 Å². The van der Waals surface area contributed by atoms with Crippen LogP contribution in [-0.4, -0.2) is 27.8 Å². The van der Waals surface area contributed by atoms with Gasteiger partial charge in [-0.15, -0.1) is 0 Å². The lowest BCUT2D eigenvalue weighted by Gasteiger charge is -2.21. The first-order valence-electron chi connectivity index (χ1n) is 6.97. The number of carbonyl (C=O) groups is 1. The highest BCUT2D eigenvalue weighted by Crippen LogP contribution is 2.34. The number of hydrogen-bond acceptors (Lipinski definition) is 4. The monoisotopic (exact) mass is 279 g/mol. The Balaban J connectivity index is 1.98. The van der Waals surface area contributed by atoms with E-state index >= 15 is 0 Å². The lowest BCUT2D eigenvalue weighted by molar-refractivity contribution is -0.142. The molecule has 5 heteroatoms. The van der Waals surface area contributed by atoms with Gasteiger partial charge in [-0.3, -0.25) is 4.79 Å². The number of rotatable bonds is 5. The highest BCUT2D eigenvalue weighted by Gasteiger charge is 2.32. The van der Waals surface area contributed by atoms with Crippen molar-refractivity contribution in [1.82, 2.24) is 5.32 Å². The second-order valence-corrected chi connectivity index (χ2v) is 5.48. The first-order chi connectivity index (χ1) is 9.50. The Kier molecular flexibility index (Phi) is 4.49. The van der Waals surface area contributed by atoms with E-state index in [9.17, 15) is 15.0 Å². The summed E-state index contributed by atoms with van der Waals surface area (Å²) in [5.74, 6) is -0.805. The highest BCUT2D eigenvalue weighted by atomic mass is 16.4. The summed E-state index contributed by atoms with van der Waals surface area (Å²) in [4.78, 5) is 11.1. The van der Waals surface area contributed by atoms with E-state index < -0.39 is 5.97 Å². The van der Waals surface area contributed by atoms with Crippen LogP contribution in [0, 0.1) is 11.8 Å². The van der Waals surface area contributed by atoms with Crippen molar-refractivity contribution in [2.45, 2.75) is 32.2 Å². The van der Waals surface area contributed by atoms with Gasteiger partial charge in [-0.2, -0.15) is 0 Å². The number of phenols is 2. The van der Waals surface area contributed by atoms with Gasteiger partial charge in [0.1, 0.15) is 11.5 Å². The standard InChI is InChI=1S/C15H21NO4/c1-9(14-12(17)6-3-7-13(14)18)16-8-10-4-2-5-11(10)15(19)20/h3,6-7,9-11,16-18H,2,4-5,8H2,1H3,(H,19,20). The molecule has 0 aromatic heterocycles. The molecule has 4 N–H and O–H groups in total. The van der Waals surface area contributed by atoms with Crippen molar-refractivity contribution in [3.63, 3.8) is 0 Å². The minimum absolute atomic E-state index is 0.0474. The fourth-order valence-electron chi connectivity index (χ4n) is 3.02. The third kappa shape index (κ3) is 3.04. The quantitative estimate of drug-likeness (QED) is 0.664. The molecule has 3 unspecified atom stereocenters. The molecule has 1 aliphatic carbocycles. The van der Waals surface area contributed by atoms with Crippen molar-refractivity contribution < 1.29 is 20.1 Å². The molecule has 1 aromatic carbocycles. The van der Waals surface area contributed by atoms with Crippen LogP contribution in [0.3, 0.4) is 0 Å². The van der Waals surface area contributed by atoms with E-state index in [1.54, 1.807) is 6.07 Å². The maximum Gasteiger partial charge on any atom is 0.306 e. The average molecular weight is 279 g/mol. The molecule has 3 atom stereocenters. The molecule has 0 bridgehead atoms. The SMILES string of the molecule is CC(NCC1CCCC1C(=O)O)c1c(O)cccc1O. The summed E-state index contributed by atoms with van der Waals surface area (Å²) in [6.45, 7) is 2.42. The predicted molar refractivity (Wildman–Crippen MR) is 74.7 cm³/mol. The van der Waals surface area contributed by atoms with Crippen LogP contribution in [-0.2, 0) is 4.79 Å². The molecule has 1 fully saturated rings. The molecule has 5 nitrogen and oxygen atoms in total. The van der Waals surface area contributed by atoms with E-state index in [0.717, 1.165) is 19.3 Å². The summed E-state index contributed by atoms with van der Waals surface area (Å²) < 4.78 is 0. The van der Waals surface area contributed by atoms with Crippen LogP contribution in [0.5, 0.6) is 11.5 Å². The van der Waals surface area contributed by atoms with E-state index in [1.807, 2.05) is 6.92 Å². The molecule has 0 amide bonds. The number of carboxylic acids is 1. The van der Waals surface area contributed by atoms with Gasteiger partial charge < -0.3 is 20.6 Å². The Bertz CT molecular complexity index is 469. The molecular weight excluding hydrogens is 258 g/mol. The van der Waals surface area contributed by atoms with Crippen LogP contribution in [0.4, 0.5) is 0 Å². The average Bonchev–Trinajstić information content (AvgIpc) is 2.84. The maximum atomic E-state index is 11.1. The van der Waals surface area contributed by atoms with Crippen molar-refractivity contribution in [2.24, 2.45) is 11.8 Å². The normalized spacial score (nSPS) is 23.6. The smallest absolute Gasteiger partial charge is 0.306 e. The Labute approximate surface area is 118 Å². The van der Waals surface area contributed by atoms with Gasteiger partial charge in [0.05, 0.1) is 11.5 Å². The van der Waals surface area contributed by atoms with E-state index in [-0.39, 0.29) is 29.4 Å². The van der Waals surface area contributed by atoms with E-state index in [0.29, 0.717) is 12.1 Å². The molecule has 0 aliphatic heterocycles. The first-order valence-corrected chi connectivity index (χ1v) is 6.97. The Morgan fingerprint density at radius 1 is 1.35 bits per heavy atom. The number of aliphatic carboxylic acids is 1. The van der Waals surface area contributed by atoms with Crippen LogP contribution in [0.25, 0.3) is 0 Å². The lowest BCUT2D eigenvalue weighted by atomic mass is 9.95. The number of nitrogens with one attached hydrogen (secondary N) is 1. The van der Waals surface area contributed by atoms with E-state index in [1.165, 1.54) is 12.1 Å². The lowest BCUT2D eigenvalue weighted by Crippen LogP contribution is -2.30. The Morgan fingerprint density at radius 3 is 2.60 bits per heavy atom. The summed E-state index contributed by atoms with van der Waals surface area (Å²) >= 11 is 0. The molecule has 0 spiro atoms. The van der Waals surface area contributed by atoms with Gasteiger partial charge in [-0.05, 0) is 44.4 Å². The van der Waals surface area contributed by atoms with Crippen LogP contribution in [0.2, 0.25) is 0 Å².